The van der Waals surface area contributed by atoms with Gasteiger partial charge in [0.1, 0.15) is 5.75 Å². The molecule has 0 saturated carbocycles. The zero-order valence-electron chi connectivity index (χ0n) is 14.8. The third-order valence-corrected chi connectivity index (χ3v) is 4.33. The van der Waals surface area contributed by atoms with Gasteiger partial charge in [-0.1, -0.05) is 35.9 Å². The van der Waals surface area contributed by atoms with E-state index in [1.807, 2.05) is 36.4 Å². The molecule has 0 aromatic heterocycles. The summed E-state index contributed by atoms with van der Waals surface area (Å²) in [5, 5.41) is 7.99. The summed E-state index contributed by atoms with van der Waals surface area (Å²) in [5.74, 6) is 0.200. The number of hydrogen-bond donors (Lipinski definition) is 2. The summed E-state index contributed by atoms with van der Waals surface area (Å²) >= 11 is 5.86. The van der Waals surface area contributed by atoms with Crippen molar-refractivity contribution in [3.63, 3.8) is 0 Å². The molecule has 2 amide bonds. The zero-order valence-corrected chi connectivity index (χ0v) is 15.5. The molecule has 0 spiro atoms. The van der Waals surface area contributed by atoms with Gasteiger partial charge in [-0.25, -0.2) is 0 Å². The van der Waals surface area contributed by atoms with E-state index >= 15 is 0 Å². The Labute approximate surface area is 162 Å². The van der Waals surface area contributed by atoms with Crippen LogP contribution in [-0.2, 0) is 11.3 Å². The maximum absolute atomic E-state index is 12.0. The van der Waals surface area contributed by atoms with Crippen molar-refractivity contribution in [3.05, 3.63) is 76.8 Å². The molecule has 5 nitrogen and oxygen atoms in total. The Morgan fingerprint density at radius 1 is 0.963 bits per heavy atom. The number of methoxy groups -OCH3 is 1. The standard InChI is InChI=1S/C21H19ClN2O3/c1-27-19-8-7-15-9-14(5-6-16(15)11-19)12-23-20(25)13-24-21(26)17-3-2-4-18(22)10-17/h2-11H,12-13H2,1H3,(H,23,25)(H,24,26). The van der Waals surface area contributed by atoms with Crippen molar-refractivity contribution < 1.29 is 14.3 Å². The van der Waals surface area contributed by atoms with Crippen molar-refractivity contribution in [3.8, 4) is 5.75 Å². The van der Waals surface area contributed by atoms with E-state index in [4.69, 9.17) is 16.3 Å². The van der Waals surface area contributed by atoms with Crippen molar-refractivity contribution in [1.82, 2.24) is 10.6 Å². The third kappa shape index (κ3) is 4.99. The molecule has 6 heteroatoms. The number of rotatable bonds is 6. The van der Waals surface area contributed by atoms with E-state index in [9.17, 15) is 9.59 Å². The van der Waals surface area contributed by atoms with Gasteiger partial charge in [-0.2, -0.15) is 0 Å². The topological polar surface area (TPSA) is 67.4 Å². The van der Waals surface area contributed by atoms with Crippen LogP contribution in [0.2, 0.25) is 5.02 Å². The van der Waals surface area contributed by atoms with Crippen molar-refractivity contribution >= 4 is 34.2 Å². The van der Waals surface area contributed by atoms with Gasteiger partial charge < -0.3 is 15.4 Å². The fourth-order valence-corrected chi connectivity index (χ4v) is 2.86. The van der Waals surface area contributed by atoms with Gasteiger partial charge in [-0.05, 0) is 52.7 Å². The first-order valence-electron chi connectivity index (χ1n) is 8.42. The van der Waals surface area contributed by atoms with Crippen molar-refractivity contribution in [2.45, 2.75) is 6.54 Å². The van der Waals surface area contributed by atoms with E-state index in [0.29, 0.717) is 17.1 Å². The summed E-state index contributed by atoms with van der Waals surface area (Å²) < 4.78 is 5.22. The lowest BCUT2D eigenvalue weighted by atomic mass is 10.1. The van der Waals surface area contributed by atoms with Crippen LogP contribution in [0, 0.1) is 0 Å². The second-order valence-electron chi connectivity index (χ2n) is 6.02. The molecule has 0 bridgehead atoms. The Morgan fingerprint density at radius 3 is 2.52 bits per heavy atom. The second kappa shape index (κ2) is 8.56. The molecule has 0 radical (unpaired) electrons. The first-order chi connectivity index (χ1) is 13.0. The second-order valence-corrected chi connectivity index (χ2v) is 6.45. The van der Waals surface area contributed by atoms with Gasteiger partial charge in [0.15, 0.2) is 0 Å². The number of fused-ring (bicyclic) bond motifs is 1. The van der Waals surface area contributed by atoms with E-state index in [0.717, 1.165) is 22.1 Å². The Morgan fingerprint density at radius 2 is 1.74 bits per heavy atom. The van der Waals surface area contributed by atoms with E-state index < -0.39 is 0 Å². The normalized spacial score (nSPS) is 10.4. The minimum Gasteiger partial charge on any atom is -0.497 e. The fraction of sp³-hybridized carbons (Fsp3) is 0.143. The molecule has 0 unspecified atom stereocenters. The summed E-state index contributed by atoms with van der Waals surface area (Å²) in [7, 11) is 1.64. The van der Waals surface area contributed by atoms with Crippen LogP contribution in [-0.4, -0.2) is 25.5 Å². The van der Waals surface area contributed by atoms with Gasteiger partial charge in [0.2, 0.25) is 5.91 Å². The number of carbonyl (C=O) groups excluding carboxylic acids is 2. The molecule has 0 heterocycles. The van der Waals surface area contributed by atoms with Crippen LogP contribution in [0.4, 0.5) is 0 Å². The molecule has 3 rings (SSSR count). The lowest BCUT2D eigenvalue weighted by Crippen LogP contribution is -2.36. The minimum absolute atomic E-state index is 0.101. The van der Waals surface area contributed by atoms with Gasteiger partial charge in [0.05, 0.1) is 13.7 Å². The number of benzene rings is 3. The summed E-state index contributed by atoms with van der Waals surface area (Å²) in [4.78, 5) is 24.0. The highest BCUT2D eigenvalue weighted by molar-refractivity contribution is 6.31. The summed E-state index contributed by atoms with van der Waals surface area (Å²) in [5.41, 5.74) is 1.39. The number of halogens is 1. The van der Waals surface area contributed by atoms with Gasteiger partial charge >= 0.3 is 0 Å². The van der Waals surface area contributed by atoms with Crippen molar-refractivity contribution in [1.29, 1.82) is 0 Å². The number of hydrogen-bond acceptors (Lipinski definition) is 3. The summed E-state index contributed by atoms with van der Waals surface area (Å²) in [6.45, 7) is 0.282. The summed E-state index contributed by atoms with van der Waals surface area (Å²) in [6.07, 6.45) is 0. The van der Waals surface area contributed by atoms with Crippen LogP contribution in [0.5, 0.6) is 5.75 Å². The van der Waals surface area contributed by atoms with E-state index in [-0.39, 0.29) is 18.4 Å². The minimum atomic E-state index is -0.340. The molecular formula is C21H19ClN2O3. The first kappa shape index (κ1) is 18.7. The Kier molecular flexibility index (Phi) is 5.94. The molecule has 0 aliphatic heterocycles. The van der Waals surface area contributed by atoms with Crippen LogP contribution in [0.3, 0.4) is 0 Å². The largest absolute Gasteiger partial charge is 0.497 e. The van der Waals surface area contributed by atoms with Gasteiger partial charge in [-0.15, -0.1) is 0 Å². The molecule has 0 aliphatic rings. The van der Waals surface area contributed by atoms with Crippen LogP contribution in [0.1, 0.15) is 15.9 Å². The smallest absolute Gasteiger partial charge is 0.251 e. The van der Waals surface area contributed by atoms with Gasteiger partial charge in [0, 0.05) is 17.1 Å². The maximum Gasteiger partial charge on any atom is 0.251 e. The number of carbonyl (C=O) groups is 2. The Bertz CT molecular complexity index is 988. The highest BCUT2D eigenvalue weighted by Gasteiger charge is 2.08. The molecule has 3 aromatic carbocycles. The van der Waals surface area contributed by atoms with Crippen LogP contribution < -0.4 is 15.4 Å². The molecule has 138 valence electrons. The van der Waals surface area contributed by atoms with E-state index in [2.05, 4.69) is 10.6 Å². The maximum atomic E-state index is 12.0. The predicted molar refractivity (Wildman–Crippen MR) is 106 cm³/mol. The van der Waals surface area contributed by atoms with Crippen LogP contribution in [0.15, 0.2) is 60.7 Å². The molecule has 2 N–H and O–H groups in total. The molecule has 0 saturated heterocycles. The van der Waals surface area contributed by atoms with E-state index in [1.54, 1.807) is 31.4 Å². The number of nitrogens with one attached hydrogen (secondary N) is 2. The average Bonchev–Trinajstić information content (AvgIpc) is 2.69. The van der Waals surface area contributed by atoms with Gasteiger partial charge in [0.25, 0.3) is 5.91 Å². The third-order valence-electron chi connectivity index (χ3n) is 4.10. The average molecular weight is 383 g/mol. The lowest BCUT2D eigenvalue weighted by Gasteiger charge is -2.09. The number of amides is 2. The molecule has 27 heavy (non-hydrogen) atoms. The quantitative estimate of drug-likeness (QED) is 0.685. The van der Waals surface area contributed by atoms with Crippen LogP contribution in [0.25, 0.3) is 10.8 Å². The molecule has 3 aromatic rings. The SMILES string of the molecule is COc1ccc2cc(CNC(=O)CNC(=O)c3cccc(Cl)c3)ccc2c1. The van der Waals surface area contributed by atoms with Crippen molar-refractivity contribution in [2.75, 3.05) is 13.7 Å². The highest BCUT2D eigenvalue weighted by atomic mass is 35.5. The highest BCUT2D eigenvalue weighted by Crippen LogP contribution is 2.21. The van der Waals surface area contributed by atoms with E-state index in [1.165, 1.54) is 0 Å². The fourth-order valence-electron chi connectivity index (χ4n) is 2.67. The number of ether oxygens (including phenoxy) is 1. The van der Waals surface area contributed by atoms with Crippen molar-refractivity contribution in [2.24, 2.45) is 0 Å². The monoisotopic (exact) mass is 382 g/mol. The first-order valence-corrected chi connectivity index (χ1v) is 8.80. The molecule has 0 fully saturated rings. The summed E-state index contributed by atoms with van der Waals surface area (Å²) in [6, 6.07) is 18.4. The zero-order chi connectivity index (χ0) is 19.2. The molecular weight excluding hydrogens is 364 g/mol. The Hall–Kier alpha value is -3.05. The molecule has 0 aliphatic carbocycles. The lowest BCUT2D eigenvalue weighted by molar-refractivity contribution is -0.120. The predicted octanol–water partition coefficient (Wildman–Crippen LogP) is 3.55. The molecule has 0 atom stereocenters. The van der Waals surface area contributed by atoms with Crippen LogP contribution >= 0.6 is 11.6 Å². The Balaban J connectivity index is 1.53. The van der Waals surface area contributed by atoms with Gasteiger partial charge in [-0.3, -0.25) is 9.59 Å².